The first-order chi connectivity index (χ1) is 9.73. The van der Waals surface area contributed by atoms with Gasteiger partial charge in [0.2, 0.25) is 6.10 Å². The molecule has 126 valence electrons. The predicted octanol–water partition coefficient (Wildman–Crippen LogP) is 4.88. The molecule has 22 heavy (non-hydrogen) atoms. The molecule has 0 N–H and O–H groups in total. The van der Waals surface area contributed by atoms with Crippen LogP contribution < -0.4 is 4.74 Å². The third-order valence-electron chi connectivity index (χ3n) is 2.39. The van der Waals surface area contributed by atoms with Gasteiger partial charge in [-0.25, -0.2) is 4.39 Å². The van der Waals surface area contributed by atoms with Gasteiger partial charge in [0.25, 0.3) is 0 Å². The van der Waals surface area contributed by atoms with E-state index in [-0.39, 0.29) is 6.07 Å². The van der Waals surface area contributed by atoms with Crippen LogP contribution in [0.15, 0.2) is 24.3 Å². The smallest absolute Gasteiger partial charge is 0.426 e. The summed E-state index contributed by atoms with van der Waals surface area (Å²) in [6.45, 7) is 0. The molecule has 0 fully saturated rings. The van der Waals surface area contributed by atoms with Crippen LogP contribution in [-0.4, -0.2) is 24.6 Å². The van der Waals surface area contributed by atoms with Gasteiger partial charge in [-0.05, 0) is 12.1 Å². The number of ether oxygens (including phenoxy) is 1. The van der Waals surface area contributed by atoms with E-state index in [9.17, 15) is 43.9 Å². The fraction of sp³-hybridized carbons (Fsp3) is 0.455. The molecule has 0 aliphatic rings. The van der Waals surface area contributed by atoms with Crippen LogP contribution >= 0.6 is 0 Å². The van der Waals surface area contributed by atoms with Crippen LogP contribution in [0.3, 0.4) is 0 Å². The van der Waals surface area contributed by atoms with Gasteiger partial charge in [-0.2, -0.15) is 39.5 Å². The standard InChI is InChI=1S/C11H6F10O/c12-5-2-1-3-6(4-5)22-8(11(19,20)21)7(9(13,14)15)10(16,17)18/h1-4,7-8H. The van der Waals surface area contributed by atoms with Gasteiger partial charge in [0.05, 0.1) is 0 Å². The second kappa shape index (κ2) is 5.84. The molecule has 1 nitrogen and oxygen atoms in total. The van der Waals surface area contributed by atoms with Crippen molar-refractivity contribution in [3.05, 3.63) is 30.1 Å². The summed E-state index contributed by atoms with van der Waals surface area (Å²) < 4.78 is 129. The topological polar surface area (TPSA) is 9.23 Å². The second-order valence-corrected chi connectivity index (χ2v) is 4.10. The van der Waals surface area contributed by atoms with Crippen LogP contribution in [0, 0.1) is 11.7 Å². The third kappa shape index (κ3) is 4.67. The van der Waals surface area contributed by atoms with Crippen molar-refractivity contribution >= 4 is 0 Å². The van der Waals surface area contributed by atoms with Gasteiger partial charge in [-0.3, -0.25) is 0 Å². The van der Waals surface area contributed by atoms with Crippen molar-refractivity contribution < 1.29 is 48.6 Å². The quantitative estimate of drug-likeness (QED) is 0.711. The van der Waals surface area contributed by atoms with Crippen LogP contribution in [-0.2, 0) is 0 Å². The number of hydrogen-bond acceptors (Lipinski definition) is 1. The first kappa shape index (κ1) is 18.4. The highest BCUT2D eigenvalue weighted by molar-refractivity contribution is 5.23. The summed E-state index contributed by atoms with van der Waals surface area (Å²) >= 11 is 0. The Hall–Kier alpha value is -1.68. The van der Waals surface area contributed by atoms with Crippen molar-refractivity contribution in [1.82, 2.24) is 0 Å². The Balaban J connectivity index is 3.27. The highest BCUT2D eigenvalue weighted by Crippen LogP contribution is 2.46. The molecule has 0 saturated heterocycles. The Labute approximate surface area is 116 Å². The van der Waals surface area contributed by atoms with Gasteiger partial charge in [-0.15, -0.1) is 0 Å². The van der Waals surface area contributed by atoms with Crippen molar-refractivity contribution in [3.8, 4) is 5.75 Å². The molecule has 0 aromatic heterocycles. The van der Waals surface area contributed by atoms with Gasteiger partial charge >= 0.3 is 18.5 Å². The summed E-state index contributed by atoms with van der Waals surface area (Å²) in [6.07, 6.45) is -22.8. The Kier molecular flexibility index (Phi) is 4.88. The molecular weight excluding hydrogens is 338 g/mol. The zero-order valence-corrected chi connectivity index (χ0v) is 10.2. The first-order valence-corrected chi connectivity index (χ1v) is 5.35. The molecule has 0 bridgehead atoms. The molecule has 1 atom stereocenters. The fourth-order valence-corrected chi connectivity index (χ4v) is 1.54. The Bertz CT molecular complexity index is 487. The highest BCUT2D eigenvalue weighted by atomic mass is 19.4. The van der Waals surface area contributed by atoms with Crippen molar-refractivity contribution in [3.63, 3.8) is 0 Å². The van der Waals surface area contributed by atoms with E-state index in [4.69, 9.17) is 0 Å². The normalized spacial score (nSPS) is 15.0. The SMILES string of the molecule is Fc1cccc(OC(C(C(F)(F)F)C(F)(F)F)C(F)(F)F)c1. The molecule has 0 aliphatic carbocycles. The minimum absolute atomic E-state index is 0.239. The molecule has 1 rings (SSSR count). The monoisotopic (exact) mass is 344 g/mol. The molecule has 11 heteroatoms. The average molecular weight is 344 g/mol. The molecule has 0 radical (unpaired) electrons. The lowest BCUT2D eigenvalue weighted by Gasteiger charge is -2.32. The average Bonchev–Trinajstić information content (AvgIpc) is 2.22. The van der Waals surface area contributed by atoms with Crippen molar-refractivity contribution in [2.24, 2.45) is 5.92 Å². The lowest BCUT2D eigenvalue weighted by molar-refractivity contribution is -0.340. The summed E-state index contributed by atoms with van der Waals surface area (Å²) in [5.41, 5.74) is 0. The summed E-state index contributed by atoms with van der Waals surface area (Å²) in [6, 6.07) is 2.34. The first-order valence-electron chi connectivity index (χ1n) is 5.35. The molecule has 0 saturated carbocycles. The van der Waals surface area contributed by atoms with E-state index in [2.05, 4.69) is 4.74 Å². The van der Waals surface area contributed by atoms with Gasteiger partial charge in [-0.1, -0.05) is 6.07 Å². The fourth-order valence-electron chi connectivity index (χ4n) is 1.54. The zero-order valence-electron chi connectivity index (χ0n) is 10.2. The Morgan fingerprint density at radius 1 is 0.773 bits per heavy atom. The van der Waals surface area contributed by atoms with E-state index in [1.54, 1.807) is 0 Å². The van der Waals surface area contributed by atoms with E-state index in [0.717, 1.165) is 12.1 Å². The van der Waals surface area contributed by atoms with E-state index in [0.29, 0.717) is 6.07 Å². The van der Waals surface area contributed by atoms with Gasteiger partial charge in [0, 0.05) is 6.07 Å². The summed E-state index contributed by atoms with van der Waals surface area (Å²) in [7, 11) is 0. The number of alkyl halides is 9. The maximum Gasteiger partial charge on any atom is 0.426 e. The van der Waals surface area contributed by atoms with E-state index in [1.807, 2.05) is 0 Å². The number of halogens is 10. The minimum atomic E-state index is -6.26. The number of rotatable bonds is 3. The number of hydrogen-bond donors (Lipinski definition) is 0. The maximum absolute atomic E-state index is 12.8. The third-order valence-corrected chi connectivity index (χ3v) is 2.39. The van der Waals surface area contributed by atoms with E-state index < -0.39 is 42.1 Å². The molecule has 1 aromatic rings. The predicted molar refractivity (Wildman–Crippen MR) is 52.5 cm³/mol. The van der Waals surface area contributed by atoms with Crippen molar-refractivity contribution in [1.29, 1.82) is 0 Å². The second-order valence-electron chi connectivity index (χ2n) is 4.10. The molecule has 0 spiro atoms. The highest BCUT2D eigenvalue weighted by Gasteiger charge is 2.68. The summed E-state index contributed by atoms with van der Waals surface area (Å²) in [5, 5.41) is 0. The number of benzene rings is 1. The van der Waals surface area contributed by atoms with Gasteiger partial charge < -0.3 is 4.74 Å². The molecule has 0 heterocycles. The molecule has 1 unspecified atom stereocenters. The largest absolute Gasteiger partial charge is 0.480 e. The van der Waals surface area contributed by atoms with Gasteiger partial charge in [0.1, 0.15) is 11.6 Å². The van der Waals surface area contributed by atoms with Crippen LogP contribution in [0.1, 0.15) is 0 Å². The summed E-state index contributed by atoms with van der Waals surface area (Å²) in [5.74, 6) is -7.10. The molecule has 1 aromatic carbocycles. The molecule has 0 aliphatic heterocycles. The van der Waals surface area contributed by atoms with Crippen LogP contribution in [0.25, 0.3) is 0 Å². The Morgan fingerprint density at radius 2 is 1.27 bits per heavy atom. The van der Waals surface area contributed by atoms with Crippen LogP contribution in [0.2, 0.25) is 0 Å². The minimum Gasteiger partial charge on any atom is -0.480 e. The van der Waals surface area contributed by atoms with Crippen molar-refractivity contribution in [2.75, 3.05) is 0 Å². The van der Waals surface area contributed by atoms with Crippen molar-refractivity contribution in [2.45, 2.75) is 24.6 Å². The van der Waals surface area contributed by atoms with Gasteiger partial charge in [0.15, 0.2) is 5.92 Å². The lowest BCUT2D eigenvalue weighted by Crippen LogP contribution is -2.53. The molecule has 0 amide bonds. The maximum atomic E-state index is 12.8. The van der Waals surface area contributed by atoms with E-state index in [1.165, 1.54) is 0 Å². The van der Waals surface area contributed by atoms with Crippen LogP contribution in [0.5, 0.6) is 5.75 Å². The Morgan fingerprint density at radius 3 is 1.64 bits per heavy atom. The summed E-state index contributed by atoms with van der Waals surface area (Å²) in [4.78, 5) is 0. The van der Waals surface area contributed by atoms with Crippen LogP contribution in [0.4, 0.5) is 43.9 Å². The van der Waals surface area contributed by atoms with E-state index >= 15 is 0 Å². The lowest BCUT2D eigenvalue weighted by atomic mass is 10.0. The zero-order chi connectivity index (χ0) is 17.3. The molecular formula is C11H6F10O.